The molecular weight excluding hydrogens is 258 g/mol. The van der Waals surface area contributed by atoms with Gasteiger partial charge in [-0.3, -0.25) is 14.5 Å². The lowest BCUT2D eigenvalue weighted by Gasteiger charge is -2.34. The molecular formula is C14H27N3O3. The highest BCUT2D eigenvalue weighted by molar-refractivity contribution is 5.77. The first-order chi connectivity index (χ1) is 9.65. The summed E-state index contributed by atoms with van der Waals surface area (Å²) in [6.45, 7) is 7.66. The van der Waals surface area contributed by atoms with Crippen LogP contribution in [0.3, 0.4) is 0 Å². The van der Waals surface area contributed by atoms with Gasteiger partial charge in [-0.2, -0.15) is 0 Å². The van der Waals surface area contributed by atoms with Crippen molar-refractivity contribution in [2.45, 2.75) is 26.2 Å². The van der Waals surface area contributed by atoms with E-state index in [0.29, 0.717) is 13.0 Å². The Balaban J connectivity index is 2.12. The van der Waals surface area contributed by atoms with Crippen molar-refractivity contribution in [1.29, 1.82) is 0 Å². The van der Waals surface area contributed by atoms with E-state index in [9.17, 15) is 9.59 Å². The number of carbonyl (C=O) groups is 2. The molecule has 0 aliphatic carbocycles. The summed E-state index contributed by atoms with van der Waals surface area (Å²) in [6.07, 6.45) is 2.57. The van der Waals surface area contributed by atoms with Gasteiger partial charge in [0.05, 0.1) is 20.1 Å². The fourth-order valence-corrected chi connectivity index (χ4v) is 2.19. The maximum atomic E-state index is 11.7. The molecule has 1 aliphatic rings. The Bertz CT molecular complexity index is 302. The standard InChI is InChI=1S/C14H27N3O3/c1-3-4-6-15-13(18)12-17-10-8-16(9-11-17)7-5-14(19)20-2/h3-12H2,1-2H3,(H,15,18). The SMILES string of the molecule is CCCCNC(=O)CN1CCN(CCC(=O)OC)CC1. The van der Waals surface area contributed by atoms with Crippen molar-refractivity contribution >= 4 is 11.9 Å². The molecule has 116 valence electrons. The van der Waals surface area contributed by atoms with Gasteiger partial charge in [0.15, 0.2) is 0 Å². The monoisotopic (exact) mass is 285 g/mol. The number of esters is 1. The molecule has 0 unspecified atom stereocenters. The lowest BCUT2D eigenvalue weighted by atomic mass is 10.3. The van der Waals surface area contributed by atoms with Crippen molar-refractivity contribution in [1.82, 2.24) is 15.1 Å². The number of hydrogen-bond donors (Lipinski definition) is 1. The highest BCUT2D eigenvalue weighted by Crippen LogP contribution is 2.02. The minimum Gasteiger partial charge on any atom is -0.469 e. The molecule has 0 bridgehead atoms. The summed E-state index contributed by atoms with van der Waals surface area (Å²) in [4.78, 5) is 27.2. The van der Waals surface area contributed by atoms with E-state index in [4.69, 9.17) is 0 Å². The highest BCUT2D eigenvalue weighted by Gasteiger charge is 2.19. The summed E-state index contributed by atoms with van der Waals surface area (Å²) >= 11 is 0. The van der Waals surface area contributed by atoms with Gasteiger partial charge in [-0.1, -0.05) is 13.3 Å². The minimum atomic E-state index is -0.164. The van der Waals surface area contributed by atoms with Crippen LogP contribution in [0.15, 0.2) is 0 Å². The largest absolute Gasteiger partial charge is 0.469 e. The van der Waals surface area contributed by atoms with E-state index in [1.54, 1.807) is 0 Å². The molecule has 0 aromatic rings. The summed E-state index contributed by atoms with van der Waals surface area (Å²) in [5.74, 6) is -0.0517. The van der Waals surface area contributed by atoms with Gasteiger partial charge in [-0.25, -0.2) is 0 Å². The number of amides is 1. The van der Waals surface area contributed by atoms with Crippen LogP contribution >= 0.6 is 0 Å². The van der Waals surface area contributed by atoms with E-state index in [1.165, 1.54) is 7.11 Å². The molecule has 0 aromatic heterocycles. The third-order valence-corrected chi connectivity index (χ3v) is 3.54. The Kier molecular flexibility index (Phi) is 8.22. The molecule has 6 nitrogen and oxygen atoms in total. The number of ether oxygens (including phenoxy) is 1. The molecule has 20 heavy (non-hydrogen) atoms. The van der Waals surface area contributed by atoms with Crippen LogP contribution in [-0.2, 0) is 14.3 Å². The summed E-state index contributed by atoms with van der Waals surface area (Å²) in [7, 11) is 1.41. The molecule has 1 fully saturated rings. The molecule has 1 rings (SSSR count). The van der Waals surface area contributed by atoms with Gasteiger partial charge in [0.25, 0.3) is 0 Å². The Morgan fingerprint density at radius 2 is 1.80 bits per heavy atom. The molecule has 0 radical (unpaired) electrons. The predicted octanol–water partition coefficient (Wildman–Crippen LogP) is 0.0834. The van der Waals surface area contributed by atoms with Crippen LogP contribution in [0.4, 0.5) is 0 Å². The fourth-order valence-electron chi connectivity index (χ4n) is 2.19. The van der Waals surface area contributed by atoms with E-state index in [2.05, 4.69) is 26.8 Å². The van der Waals surface area contributed by atoms with Gasteiger partial charge in [-0.05, 0) is 6.42 Å². The fraction of sp³-hybridized carbons (Fsp3) is 0.857. The van der Waals surface area contributed by atoms with Crippen molar-refractivity contribution in [3.8, 4) is 0 Å². The average Bonchev–Trinajstić information content (AvgIpc) is 2.46. The number of methoxy groups -OCH3 is 1. The van der Waals surface area contributed by atoms with Crippen LogP contribution < -0.4 is 5.32 Å². The van der Waals surface area contributed by atoms with E-state index in [-0.39, 0.29) is 11.9 Å². The summed E-state index contributed by atoms with van der Waals surface area (Å²) in [5.41, 5.74) is 0. The van der Waals surface area contributed by atoms with Crippen molar-refractivity contribution in [3.05, 3.63) is 0 Å². The molecule has 6 heteroatoms. The minimum absolute atomic E-state index is 0.112. The third-order valence-electron chi connectivity index (χ3n) is 3.54. The Hall–Kier alpha value is -1.14. The second-order valence-corrected chi connectivity index (χ2v) is 5.15. The van der Waals surface area contributed by atoms with Crippen molar-refractivity contribution < 1.29 is 14.3 Å². The zero-order valence-electron chi connectivity index (χ0n) is 12.7. The van der Waals surface area contributed by atoms with Crippen LogP contribution in [0, 0.1) is 0 Å². The van der Waals surface area contributed by atoms with Crippen LogP contribution in [-0.4, -0.2) is 74.6 Å². The number of nitrogens with zero attached hydrogens (tertiary/aromatic N) is 2. The number of carbonyl (C=O) groups excluding carboxylic acids is 2. The molecule has 1 N–H and O–H groups in total. The molecule has 0 aromatic carbocycles. The molecule has 1 aliphatic heterocycles. The van der Waals surface area contributed by atoms with E-state index in [1.807, 2.05) is 0 Å². The lowest BCUT2D eigenvalue weighted by Crippen LogP contribution is -2.49. The zero-order chi connectivity index (χ0) is 14.8. The lowest BCUT2D eigenvalue weighted by molar-refractivity contribution is -0.141. The zero-order valence-corrected chi connectivity index (χ0v) is 12.7. The second kappa shape index (κ2) is 9.72. The van der Waals surface area contributed by atoms with Gasteiger partial charge in [0.1, 0.15) is 0 Å². The van der Waals surface area contributed by atoms with Gasteiger partial charge < -0.3 is 15.0 Å². The van der Waals surface area contributed by atoms with E-state index >= 15 is 0 Å². The maximum absolute atomic E-state index is 11.7. The molecule has 0 saturated carbocycles. The average molecular weight is 285 g/mol. The van der Waals surface area contributed by atoms with E-state index < -0.39 is 0 Å². The summed E-state index contributed by atoms with van der Waals surface area (Å²) in [6, 6.07) is 0. The van der Waals surface area contributed by atoms with Gasteiger partial charge in [0, 0.05) is 39.3 Å². The first-order valence-electron chi connectivity index (χ1n) is 7.44. The summed E-state index contributed by atoms with van der Waals surface area (Å²) in [5, 5.41) is 2.93. The first kappa shape index (κ1) is 16.9. The van der Waals surface area contributed by atoms with Gasteiger partial charge in [-0.15, -0.1) is 0 Å². The quantitative estimate of drug-likeness (QED) is 0.506. The van der Waals surface area contributed by atoms with Crippen molar-refractivity contribution in [3.63, 3.8) is 0 Å². The van der Waals surface area contributed by atoms with Gasteiger partial charge in [0.2, 0.25) is 5.91 Å². The number of hydrogen-bond acceptors (Lipinski definition) is 5. The smallest absolute Gasteiger partial charge is 0.306 e. The third kappa shape index (κ3) is 6.86. The molecule has 1 heterocycles. The number of unbranched alkanes of at least 4 members (excludes halogenated alkanes) is 1. The van der Waals surface area contributed by atoms with Crippen LogP contribution in [0.5, 0.6) is 0 Å². The Labute approximate surface area is 121 Å². The number of rotatable bonds is 8. The van der Waals surface area contributed by atoms with Crippen molar-refractivity contribution in [2.75, 3.05) is 52.9 Å². The van der Waals surface area contributed by atoms with Crippen LogP contribution in [0.2, 0.25) is 0 Å². The van der Waals surface area contributed by atoms with E-state index in [0.717, 1.165) is 52.1 Å². The normalized spacial score (nSPS) is 16.9. The Morgan fingerprint density at radius 3 is 2.40 bits per heavy atom. The van der Waals surface area contributed by atoms with Crippen molar-refractivity contribution in [2.24, 2.45) is 0 Å². The number of piperazine rings is 1. The van der Waals surface area contributed by atoms with Crippen LogP contribution in [0.1, 0.15) is 26.2 Å². The second-order valence-electron chi connectivity index (χ2n) is 5.15. The molecule has 0 spiro atoms. The predicted molar refractivity (Wildman–Crippen MR) is 77.4 cm³/mol. The maximum Gasteiger partial charge on any atom is 0.306 e. The topological polar surface area (TPSA) is 61.9 Å². The van der Waals surface area contributed by atoms with Gasteiger partial charge >= 0.3 is 5.97 Å². The summed E-state index contributed by atoms with van der Waals surface area (Å²) < 4.78 is 4.63. The number of nitrogens with one attached hydrogen (secondary N) is 1. The molecule has 1 saturated heterocycles. The van der Waals surface area contributed by atoms with Crippen LogP contribution in [0.25, 0.3) is 0 Å². The molecule has 0 atom stereocenters. The molecule has 1 amide bonds. The Morgan fingerprint density at radius 1 is 1.15 bits per heavy atom. The first-order valence-corrected chi connectivity index (χ1v) is 7.44. The highest BCUT2D eigenvalue weighted by atomic mass is 16.5.